The van der Waals surface area contributed by atoms with Crippen molar-refractivity contribution in [1.29, 1.82) is 0 Å². The summed E-state index contributed by atoms with van der Waals surface area (Å²) < 4.78 is 7.14. The number of hydrogen-bond acceptors (Lipinski definition) is 6. The Hall–Kier alpha value is -2.03. The molecular weight excluding hydrogens is 320 g/mol. The molecule has 0 radical (unpaired) electrons. The minimum atomic E-state index is -0.460. The summed E-state index contributed by atoms with van der Waals surface area (Å²) in [6.07, 6.45) is -0.460. The molecule has 0 spiro atoms. The van der Waals surface area contributed by atoms with E-state index >= 15 is 0 Å². The van der Waals surface area contributed by atoms with Crippen LogP contribution in [0, 0.1) is 0 Å². The van der Waals surface area contributed by atoms with E-state index in [1.165, 1.54) is 0 Å². The van der Waals surface area contributed by atoms with E-state index in [1.807, 2.05) is 31.2 Å². The largest absolute Gasteiger partial charge is 0.366 e. The molecule has 124 valence electrons. The Kier molecular flexibility index (Phi) is 6.03. The lowest BCUT2D eigenvalue weighted by Crippen LogP contribution is -2.45. The number of carbonyl (C=O) groups is 1. The number of benzene rings is 1. The lowest BCUT2D eigenvalue weighted by Gasteiger charge is -2.22. The van der Waals surface area contributed by atoms with E-state index < -0.39 is 6.10 Å². The van der Waals surface area contributed by atoms with Crippen LogP contribution in [0.3, 0.4) is 0 Å². The number of ether oxygens (including phenoxy) is 1. The Bertz CT molecular complexity index is 656. The number of carbonyl (C=O) groups excluding carboxylic acids is 1. The molecule has 8 nitrogen and oxygen atoms in total. The second-order valence-electron chi connectivity index (χ2n) is 4.95. The van der Waals surface area contributed by atoms with E-state index in [-0.39, 0.29) is 18.3 Å². The van der Waals surface area contributed by atoms with Crippen LogP contribution in [0.25, 0.3) is 11.4 Å². The monoisotopic (exact) mass is 338 g/mol. The average molecular weight is 339 g/mol. The highest BCUT2D eigenvalue weighted by Crippen LogP contribution is 2.20. The van der Waals surface area contributed by atoms with Crippen LogP contribution in [0.15, 0.2) is 24.3 Å². The lowest BCUT2D eigenvalue weighted by molar-refractivity contribution is -0.128. The Morgan fingerprint density at radius 2 is 2.39 bits per heavy atom. The number of nitrogens with zero attached hydrogens (tertiary/aromatic N) is 4. The van der Waals surface area contributed by atoms with Gasteiger partial charge in [0.05, 0.1) is 6.61 Å². The van der Waals surface area contributed by atoms with Gasteiger partial charge in [-0.3, -0.25) is 4.79 Å². The van der Waals surface area contributed by atoms with Gasteiger partial charge in [0.2, 0.25) is 0 Å². The predicted octanol–water partition coefficient (Wildman–Crippen LogP) is 0.709. The predicted molar refractivity (Wildman–Crippen MR) is 87.4 cm³/mol. The minimum Gasteiger partial charge on any atom is -0.366 e. The smallest absolute Gasteiger partial charge is 0.254 e. The molecular formula is C14H19ClN6O2. The lowest BCUT2D eigenvalue weighted by atomic mass is 10.2. The molecule has 2 aromatic rings. The molecule has 1 aliphatic rings. The average Bonchev–Trinajstić information content (AvgIpc) is 3.04. The summed E-state index contributed by atoms with van der Waals surface area (Å²) in [5.41, 5.74) is 1.55. The van der Waals surface area contributed by atoms with Crippen LogP contribution in [0.5, 0.6) is 0 Å². The molecule has 3 rings (SSSR count). The summed E-state index contributed by atoms with van der Waals surface area (Å²) in [7, 11) is 0. The summed E-state index contributed by atoms with van der Waals surface area (Å²) >= 11 is 0. The first-order chi connectivity index (χ1) is 10.8. The van der Waals surface area contributed by atoms with Gasteiger partial charge >= 0.3 is 0 Å². The highest BCUT2D eigenvalue weighted by atomic mass is 35.5. The van der Waals surface area contributed by atoms with Crippen molar-refractivity contribution in [2.75, 3.05) is 25.0 Å². The maximum absolute atomic E-state index is 12.2. The van der Waals surface area contributed by atoms with Crippen molar-refractivity contribution in [3.8, 4) is 11.4 Å². The van der Waals surface area contributed by atoms with Gasteiger partial charge in [-0.05, 0) is 29.5 Å². The quantitative estimate of drug-likeness (QED) is 0.852. The number of morpholine rings is 1. The fraction of sp³-hybridized carbons (Fsp3) is 0.429. The first kappa shape index (κ1) is 17.3. The van der Waals surface area contributed by atoms with Crippen LogP contribution in [-0.4, -0.2) is 51.9 Å². The fourth-order valence-electron chi connectivity index (χ4n) is 2.32. The van der Waals surface area contributed by atoms with Crippen molar-refractivity contribution >= 4 is 24.0 Å². The SMILES string of the molecule is CCn1nnnc1-c1cccc(NC(=O)C2CNCCO2)c1.Cl. The van der Waals surface area contributed by atoms with Crippen LogP contribution >= 0.6 is 12.4 Å². The zero-order valence-electron chi connectivity index (χ0n) is 12.7. The van der Waals surface area contributed by atoms with Crippen LogP contribution in [-0.2, 0) is 16.1 Å². The van der Waals surface area contributed by atoms with E-state index in [2.05, 4.69) is 26.2 Å². The molecule has 2 N–H and O–H groups in total. The standard InChI is InChI=1S/C14H18N6O2.ClH/c1-2-20-13(17-18-19-20)10-4-3-5-11(8-10)16-14(21)12-9-15-6-7-22-12;/h3-5,8,12,15H,2,6-7,9H2,1H3,(H,16,21);1H. The fourth-order valence-corrected chi connectivity index (χ4v) is 2.32. The zero-order chi connectivity index (χ0) is 15.4. The van der Waals surface area contributed by atoms with E-state index in [1.54, 1.807) is 4.68 Å². The molecule has 1 amide bonds. The van der Waals surface area contributed by atoms with Gasteiger partial charge in [-0.2, -0.15) is 0 Å². The van der Waals surface area contributed by atoms with Crippen molar-refractivity contribution in [3.63, 3.8) is 0 Å². The van der Waals surface area contributed by atoms with Gasteiger partial charge in [0.1, 0.15) is 6.10 Å². The maximum Gasteiger partial charge on any atom is 0.254 e. The third kappa shape index (κ3) is 4.04. The summed E-state index contributed by atoms with van der Waals surface area (Å²) in [6.45, 7) is 4.50. The number of aryl methyl sites for hydroxylation is 1. The normalized spacial score (nSPS) is 17.3. The van der Waals surface area contributed by atoms with Crippen LogP contribution in [0.2, 0.25) is 0 Å². The molecule has 9 heteroatoms. The number of amides is 1. The number of aromatic nitrogens is 4. The molecule has 0 bridgehead atoms. The number of tetrazole rings is 1. The van der Waals surface area contributed by atoms with Crippen molar-refractivity contribution in [3.05, 3.63) is 24.3 Å². The summed E-state index contributed by atoms with van der Waals surface area (Å²) in [5.74, 6) is 0.522. The number of nitrogens with one attached hydrogen (secondary N) is 2. The van der Waals surface area contributed by atoms with Gasteiger partial charge in [0.15, 0.2) is 5.82 Å². The molecule has 23 heavy (non-hydrogen) atoms. The first-order valence-corrected chi connectivity index (χ1v) is 7.27. The van der Waals surface area contributed by atoms with Gasteiger partial charge < -0.3 is 15.4 Å². The van der Waals surface area contributed by atoms with Crippen LogP contribution < -0.4 is 10.6 Å². The van der Waals surface area contributed by atoms with Gasteiger partial charge in [-0.25, -0.2) is 4.68 Å². The number of anilines is 1. The van der Waals surface area contributed by atoms with Crippen LogP contribution in [0.4, 0.5) is 5.69 Å². The molecule has 1 aromatic carbocycles. The Morgan fingerprint density at radius 3 is 3.13 bits per heavy atom. The summed E-state index contributed by atoms with van der Waals surface area (Å²) in [6, 6.07) is 7.45. The topological polar surface area (TPSA) is 94.0 Å². The third-order valence-corrected chi connectivity index (χ3v) is 3.44. The van der Waals surface area contributed by atoms with E-state index in [0.29, 0.717) is 31.2 Å². The summed E-state index contributed by atoms with van der Waals surface area (Å²) in [4.78, 5) is 12.2. The van der Waals surface area contributed by atoms with Crippen molar-refractivity contribution in [1.82, 2.24) is 25.5 Å². The highest BCUT2D eigenvalue weighted by molar-refractivity contribution is 5.94. The molecule has 1 unspecified atom stereocenters. The second kappa shape index (κ2) is 8.00. The third-order valence-electron chi connectivity index (χ3n) is 3.44. The number of rotatable bonds is 4. The minimum absolute atomic E-state index is 0. The molecule has 1 atom stereocenters. The van der Waals surface area contributed by atoms with Crippen LogP contribution in [0.1, 0.15) is 6.92 Å². The van der Waals surface area contributed by atoms with Gasteiger partial charge in [0.25, 0.3) is 5.91 Å². The van der Waals surface area contributed by atoms with Gasteiger partial charge in [-0.15, -0.1) is 17.5 Å². The van der Waals surface area contributed by atoms with Crippen molar-refractivity contribution < 1.29 is 9.53 Å². The molecule has 1 saturated heterocycles. The molecule has 1 aromatic heterocycles. The second-order valence-corrected chi connectivity index (χ2v) is 4.95. The first-order valence-electron chi connectivity index (χ1n) is 7.27. The van der Waals surface area contributed by atoms with E-state index in [4.69, 9.17) is 4.74 Å². The Labute approximate surface area is 140 Å². The maximum atomic E-state index is 12.2. The van der Waals surface area contributed by atoms with E-state index in [0.717, 1.165) is 12.1 Å². The molecule has 0 aliphatic carbocycles. The Balaban J connectivity index is 0.00000192. The summed E-state index contributed by atoms with van der Waals surface area (Å²) in [5, 5.41) is 17.6. The van der Waals surface area contributed by atoms with Gasteiger partial charge in [0, 0.05) is 30.9 Å². The van der Waals surface area contributed by atoms with Crippen molar-refractivity contribution in [2.24, 2.45) is 0 Å². The molecule has 2 heterocycles. The zero-order valence-corrected chi connectivity index (χ0v) is 13.5. The molecule has 1 fully saturated rings. The van der Waals surface area contributed by atoms with E-state index in [9.17, 15) is 4.79 Å². The number of halogens is 1. The highest BCUT2D eigenvalue weighted by Gasteiger charge is 2.21. The molecule has 0 saturated carbocycles. The molecule has 1 aliphatic heterocycles. The Morgan fingerprint density at radius 1 is 1.52 bits per heavy atom. The number of hydrogen-bond donors (Lipinski definition) is 2. The van der Waals surface area contributed by atoms with Gasteiger partial charge in [-0.1, -0.05) is 12.1 Å². The van der Waals surface area contributed by atoms with Crippen molar-refractivity contribution in [2.45, 2.75) is 19.6 Å².